The zero-order valence-corrected chi connectivity index (χ0v) is 18.2. The quantitative estimate of drug-likeness (QED) is 0.292. The van der Waals surface area contributed by atoms with Crippen molar-refractivity contribution in [2.45, 2.75) is 6.04 Å². The van der Waals surface area contributed by atoms with Crippen LogP contribution < -0.4 is 21.0 Å². The SMILES string of the molecule is COc1ccc(/C=N\NC(=O)[C@@H](NC(=O)c2ccccc2)c2n[nH]c(=O)c3ccccc23)cc1. The Morgan fingerprint density at radius 3 is 2.35 bits per heavy atom. The Balaban J connectivity index is 1.64. The first kappa shape index (κ1) is 22.4. The summed E-state index contributed by atoms with van der Waals surface area (Å²) in [6.07, 6.45) is 1.46. The summed E-state index contributed by atoms with van der Waals surface area (Å²) in [5, 5.41) is 14.0. The van der Waals surface area contributed by atoms with Crippen LogP contribution in [-0.2, 0) is 4.79 Å². The number of hydrazone groups is 1. The van der Waals surface area contributed by atoms with Gasteiger partial charge in [0, 0.05) is 10.9 Å². The van der Waals surface area contributed by atoms with E-state index in [4.69, 9.17) is 4.74 Å². The summed E-state index contributed by atoms with van der Waals surface area (Å²) in [5.74, 6) is -0.406. The molecule has 0 unspecified atom stereocenters. The van der Waals surface area contributed by atoms with Crippen LogP contribution >= 0.6 is 0 Å². The van der Waals surface area contributed by atoms with E-state index in [2.05, 4.69) is 26.0 Å². The van der Waals surface area contributed by atoms with Crippen molar-refractivity contribution in [2.24, 2.45) is 5.10 Å². The highest BCUT2D eigenvalue weighted by atomic mass is 16.5. The van der Waals surface area contributed by atoms with Gasteiger partial charge in [-0.1, -0.05) is 36.4 Å². The molecule has 1 heterocycles. The van der Waals surface area contributed by atoms with Gasteiger partial charge in [-0.15, -0.1) is 0 Å². The third kappa shape index (κ3) is 4.99. The lowest BCUT2D eigenvalue weighted by Crippen LogP contribution is -2.40. The van der Waals surface area contributed by atoms with Crippen molar-refractivity contribution in [1.82, 2.24) is 20.9 Å². The summed E-state index contributed by atoms with van der Waals surface area (Å²) >= 11 is 0. The van der Waals surface area contributed by atoms with Crippen LogP contribution in [0.2, 0.25) is 0 Å². The molecule has 3 N–H and O–H groups in total. The van der Waals surface area contributed by atoms with Crippen molar-refractivity contribution in [2.75, 3.05) is 7.11 Å². The number of aromatic amines is 1. The first-order chi connectivity index (χ1) is 16.6. The topological polar surface area (TPSA) is 126 Å². The second-order valence-electron chi connectivity index (χ2n) is 7.26. The molecule has 0 saturated carbocycles. The minimum absolute atomic E-state index is 0.191. The lowest BCUT2D eigenvalue weighted by molar-refractivity contribution is -0.123. The van der Waals surface area contributed by atoms with Crippen LogP contribution in [0.25, 0.3) is 10.8 Å². The molecular formula is C25H21N5O4. The van der Waals surface area contributed by atoms with E-state index in [1.54, 1.807) is 86.0 Å². The molecule has 1 atom stereocenters. The van der Waals surface area contributed by atoms with Crippen LogP contribution in [0.5, 0.6) is 5.75 Å². The van der Waals surface area contributed by atoms with Crippen LogP contribution in [-0.4, -0.2) is 35.3 Å². The highest BCUT2D eigenvalue weighted by Gasteiger charge is 2.27. The monoisotopic (exact) mass is 455 g/mol. The van der Waals surface area contributed by atoms with Crippen molar-refractivity contribution >= 4 is 28.8 Å². The first-order valence-electron chi connectivity index (χ1n) is 10.4. The highest BCUT2D eigenvalue weighted by molar-refractivity contribution is 5.99. The first-order valence-corrected chi connectivity index (χ1v) is 10.4. The summed E-state index contributed by atoms with van der Waals surface area (Å²) in [7, 11) is 1.57. The summed E-state index contributed by atoms with van der Waals surface area (Å²) < 4.78 is 5.12. The van der Waals surface area contributed by atoms with Crippen LogP contribution in [0.15, 0.2) is 88.8 Å². The van der Waals surface area contributed by atoms with Gasteiger partial charge in [0.25, 0.3) is 17.4 Å². The Labute approximate surface area is 194 Å². The number of H-pyrrole nitrogens is 1. The molecule has 0 radical (unpaired) electrons. The fraction of sp³-hybridized carbons (Fsp3) is 0.0800. The van der Waals surface area contributed by atoms with Gasteiger partial charge in [-0.05, 0) is 48.0 Å². The van der Waals surface area contributed by atoms with Gasteiger partial charge in [0.2, 0.25) is 0 Å². The molecule has 0 saturated heterocycles. The molecule has 0 aliphatic rings. The van der Waals surface area contributed by atoms with Gasteiger partial charge in [0.15, 0.2) is 6.04 Å². The van der Waals surface area contributed by atoms with Gasteiger partial charge in [-0.25, -0.2) is 10.5 Å². The van der Waals surface area contributed by atoms with Crippen molar-refractivity contribution in [3.05, 3.63) is 106 Å². The van der Waals surface area contributed by atoms with E-state index in [9.17, 15) is 14.4 Å². The van der Waals surface area contributed by atoms with Gasteiger partial charge in [-0.2, -0.15) is 10.2 Å². The molecule has 0 spiro atoms. The van der Waals surface area contributed by atoms with E-state index in [1.165, 1.54) is 6.21 Å². The fourth-order valence-corrected chi connectivity index (χ4v) is 3.34. The molecule has 0 bridgehead atoms. The van der Waals surface area contributed by atoms with E-state index in [0.717, 1.165) is 5.56 Å². The summed E-state index contributed by atoms with van der Waals surface area (Å²) in [4.78, 5) is 38.2. The lowest BCUT2D eigenvalue weighted by Gasteiger charge is -2.18. The molecule has 2 amide bonds. The minimum Gasteiger partial charge on any atom is -0.497 e. The number of hydrogen-bond donors (Lipinski definition) is 3. The molecule has 1 aromatic heterocycles. The Kier molecular flexibility index (Phi) is 6.73. The van der Waals surface area contributed by atoms with Crippen LogP contribution in [0.1, 0.15) is 27.7 Å². The van der Waals surface area contributed by atoms with E-state index < -0.39 is 23.4 Å². The van der Waals surface area contributed by atoms with Crippen LogP contribution in [0, 0.1) is 0 Å². The number of nitrogens with one attached hydrogen (secondary N) is 3. The number of fused-ring (bicyclic) bond motifs is 1. The van der Waals surface area contributed by atoms with Crippen molar-refractivity contribution < 1.29 is 14.3 Å². The van der Waals surface area contributed by atoms with E-state index in [0.29, 0.717) is 22.1 Å². The molecule has 34 heavy (non-hydrogen) atoms. The minimum atomic E-state index is -1.22. The summed E-state index contributed by atoms with van der Waals surface area (Å²) in [6, 6.07) is 21.1. The third-order valence-corrected chi connectivity index (χ3v) is 5.08. The van der Waals surface area contributed by atoms with E-state index in [1.807, 2.05) is 0 Å². The largest absolute Gasteiger partial charge is 0.497 e. The summed E-state index contributed by atoms with van der Waals surface area (Å²) in [6.45, 7) is 0. The van der Waals surface area contributed by atoms with E-state index in [-0.39, 0.29) is 5.69 Å². The molecule has 0 aliphatic carbocycles. The van der Waals surface area contributed by atoms with Gasteiger partial charge in [0.05, 0.1) is 18.7 Å². The number of benzene rings is 3. The number of ether oxygens (including phenoxy) is 1. The number of carbonyl (C=O) groups excluding carboxylic acids is 2. The molecule has 0 fully saturated rings. The smallest absolute Gasteiger partial charge is 0.272 e. The van der Waals surface area contributed by atoms with Crippen LogP contribution in [0.3, 0.4) is 0 Å². The van der Waals surface area contributed by atoms with Crippen molar-refractivity contribution in [3.63, 3.8) is 0 Å². The number of aromatic nitrogens is 2. The molecule has 4 rings (SSSR count). The highest BCUT2D eigenvalue weighted by Crippen LogP contribution is 2.20. The Morgan fingerprint density at radius 2 is 1.65 bits per heavy atom. The maximum atomic E-state index is 13.1. The number of carbonyl (C=O) groups is 2. The molecule has 9 heteroatoms. The number of methoxy groups -OCH3 is 1. The number of rotatable bonds is 7. The molecule has 0 aliphatic heterocycles. The Hall–Kier alpha value is -4.79. The second kappa shape index (κ2) is 10.2. The molecule has 170 valence electrons. The number of hydrogen-bond acceptors (Lipinski definition) is 6. The van der Waals surface area contributed by atoms with Gasteiger partial charge < -0.3 is 10.1 Å². The Morgan fingerprint density at radius 1 is 0.971 bits per heavy atom. The predicted octanol–water partition coefficient (Wildman–Crippen LogP) is 2.55. The Bertz CT molecular complexity index is 1400. The second-order valence-corrected chi connectivity index (χ2v) is 7.26. The standard InChI is InChI=1S/C25H21N5O4/c1-34-18-13-11-16(12-14-18)15-26-29-25(33)22(27-23(31)17-7-3-2-4-8-17)21-19-9-5-6-10-20(19)24(32)30-28-21/h2-15,22H,1H3,(H,27,31)(H,29,33)(H,30,32)/b26-15-/t22-/m0/s1. The summed E-state index contributed by atoms with van der Waals surface area (Å²) in [5.41, 5.74) is 3.35. The van der Waals surface area contributed by atoms with Gasteiger partial charge in [0.1, 0.15) is 11.4 Å². The molecule has 9 nitrogen and oxygen atoms in total. The maximum absolute atomic E-state index is 13.1. The maximum Gasteiger partial charge on any atom is 0.272 e. The normalized spacial score (nSPS) is 11.8. The van der Waals surface area contributed by atoms with E-state index >= 15 is 0 Å². The molecule has 4 aromatic rings. The average Bonchev–Trinajstić information content (AvgIpc) is 2.88. The zero-order valence-electron chi connectivity index (χ0n) is 18.2. The molecule has 3 aromatic carbocycles. The van der Waals surface area contributed by atoms with Crippen LogP contribution in [0.4, 0.5) is 0 Å². The van der Waals surface area contributed by atoms with Gasteiger partial charge >= 0.3 is 0 Å². The van der Waals surface area contributed by atoms with Crippen molar-refractivity contribution in [3.8, 4) is 5.75 Å². The lowest BCUT2D eigenvalue weighted by atomic mass is 10.0. The third-order valence-electron chi connectivity index (χ3n) is 5.08. The fourth-order valence-electron chi connectivity index (χ4n) is 3.34. The molecular weight excluding hydrogens is 434 g/mol. The average molecular weight is 455 g/mol. The predicted molar refractivity (Wildman–Crippen MR) is 128 cm³/mol. The number of nitrogens with zero attached hydrogens (tertiary/aromatic N) is 2. The van der Waals surface area contributed by atoms with Gasteiger partial charge in [-0.3, -0.25) is 14.4 Å². The zero-order chi connectivity index (χ0) is 23.9. The van der Waals surface area contributed by atoms with Crippen molar-refractivity contribution in [1.29, 1.82) is 0 Å². The number of amides is 2.